The molecule has 2 aromatic carbocycles. The molecule has 1 aliphatic heterocycles. The molecule has 2 heterocycles. The van der Waals surface area contributed by atoms with Crippen LogP contribution in [0.2, 0.25) is 0 Å². The fraction of sp³-hybridized carbons (Fsp3) is 0.261. The molecule has 2 N–H and O–H groups in total. The summed E-state index contributed by atoms with van der Waals surface area (Å²) in [6, 6.07) is 18.3. The molecule has 30 heavy (non-hydrogen) atoms. The number of rotatable bonds is 5. The van der Waals surface area contributed by atoms with Crippen LogP contribution in [0, 0.1) is 0 Å². The molecule has 1 aliphatic rings. The number of hydrogen-bond acceptors (Lipinski definition) is 3. The average molecular weight is 515 g/mol. The van der Waals surface area contributed by atoms with Crippen molar-refractivity contribution in [3.8, 4) is 0 Å². The Bertz CT molecular complexity index is 1030. The highest BCUT2D eigenvalue weighted by molar-refractivity contribution is 14.0. The molecule has 0 aliphatic carbocycles. The Balaban J connectivity index is 0.00000256. The Morgan fingerprint density at radius 2 is 1.83 bits per heavy atom. The lowest BCUT2D eigenvalue weighted by Gasteiger charge is -2.16. The normalized spacial score (nSPS) is 14.0. The number of halogens is 1. The number of benzene rings is 2. The van der Waals surface area contributed by atoms with Gasteiger partial charge in [0.15, 0.2) is 5.96 Å². The van der Waals surface area contributed by atoms with Crippen molar-refractivity contribution in [1.29, 1.82) is 0 Å². The summed E-state index contributed by atoms with van der Waals surface area (Å²) in [4.78, 5) is 22.4. The summed E-state index contributed by atoms with van der Waals surface area (Å²) in [5.41, 5.74) is 4.28. The van der Waals surface area contributed by atoms with Crippen molar-refractivity contribution in [3.05, 3.63) is 71.9 Å². The Morgan fingerprint density at radius 3 is 2.57 bits per heavy atom. The maximum absolute atomic E-state index is 11.9. The molecule has 0 radical (unpaired) electrons. The monoisotopic (exact) mass is 515 g/mol. The summed E-state index contributed by atoms with van der Waals surface area (Å²) in [5.74, 6) is 0.953. The van der Waals surface area contributed by atoms with Gasteiger partial charge in [0.25, 0.3) is 0 Å². The van der Waals surface area contributed by atoms with E-state index in [1.165, 1.54) is 5.56 Å². The van der Waals surface area contributed by atoms with Gasteiger partial charge in [-0.15, -0.1) is 24.0 Å². The quantitative estimate of drug-likeness (QED) is 0.308. The summed E-state index contributed by atoms with van der Waals surface area (Å²) in [5, 5.41) is 7.86. The van der Waals surface area contributed by atoms with Gasteiger partial charge >= 0.3 is 0 Å². The van der Waals surface area contributed by atoms with Gasteiger partial charge in [-0.3, -0.25) is 14.8 Å². The summed E-state index contributed by atoms with van der Waals surface area (Å²) in [6.07, 6.45) is 3.43. The van der Waals surface area contributed by atoms with Crippen LogP contribution in [0.1, 0.15) is 24.0 Å². The lowest BCUT2D eigenvalue weighted by atomic mass is 10.1. The van der Waals surface area contributed by atoms with E-state index in [1.54, 1.807) is 7.05 Å². The van der Waals surface area contributed by atoms with Crippen LogP contribution in [0.15, 0.2) is 65.8 Å². The summed E-state index contributed by atoms with van der Waals surface area (Å²) < 4.78 is 0. The van der Waals surface area contributed by atoms with Gasteiger partial charge in [-0.2, -0.15) is 0 Å². The van der Waals surface area contributed by atoms with E-state index in [-0.39, 0.29) is 29.9 Å². The van der Waals surface area contributed by atoms with Gasteiger partial charge in [-0.25, -0.2) is 0 Å². The van der Waals surface area contributed by atoms with Crippen LogP contribution in [0.5, 0.6) is 0 Å². The second kappa shape index (κ2) is 10.4. The molecular weight excluding hydrogens is 489 g/mol. The SMILES string of the molecule is CN=C(NCc1ccc(N2CCCC2=O)cc1)NCc1ccnc2ccccc12.I. The molecule has 156 valence electrons. The Hall–Kier alpha value is -2.68. The third-order valence-corrected chi connectivity index (χ3v) is 5.19. The molecule has 1 amide bonds. The number of aliphatic imine (C=N–C) groups is 1. The fourth-order valence-electron chi connectivity index (χ4n) is 3.61. The minimum absolute atomic E-state index is 0. The lowest BCUT2D eigenvalue weighted by molar-refractivity contribution is -0.117. The smallest absolute Gasteiger partial charge is 0.227 e. The standard InChI is InChI=1S/C23H25N5O.HI/c1-24-23(27-16-18-12-13-25-21-6-3-2-5-20(18)21)26-15-17-8-10-19(11-9-17)28-14-4-7-22(28)29;/h2-3,5-6,8-13H,4,7,14-16H2,1H3,(H2,24,26,27);1H. The lowest BCUT2D eigenvalue weighted by Crippen LogP contribution is -2.36. The predicted molar refractivity (Wildman–Crippen MR) is 132 cm³/mol. The third kappa shape index (κ3) is 5.08. The van der Waals surface area contributed by atoms with Crippen molar-refractivity contribution in [2.75, 3.05) is 18.5 Å². The number of nitrogens with zero attached hydrogens (tertiary/aromatic N) is 3. The van der Waals surface area contributed by atoms with E-state index in [2.05, 4.69) is 38.8 Å². The van der Waals surface area contributed by atoms with E-state index >= 15 is 0 Å². The van der Waals surface area contributed by atoms with Crippen LogP contribution < -0.4 is 15.5 Å². The van der Waals surface area contributed by atoms with Crippen LogP contribution in [-0.4, -0.2) is 30.4 Å². The number of carbonyl (C=O) groups excluding carboxylic acids is 1. The largest absolute Gasteiger partial charge is 0.352 e. The second-order valence-electron chi connectivity index (χ2n) is 7.08. The number of anilines is 1. The molecule has 1 fully saturated rings. The van der Waals surface area contributed by atoms with Crippen LogP contribution in [0.4, 0.5) is 5.69 Å². The second-order valence-corrected chi connectivity index (χ2v) is 7.08. The van der Waals surface area contributed by atoms with Gasteiger partial charge in [0.1, 0.15) is 0 Å². The molecule has 1 aromatic heterocycles. The molecule has 1 saturated heterocycles. The number of hydrogen-bond donors (Lipinski definition) is 2. The van der Waals surface area contributed by atoms with E-state index in [4.69, 9.17) is 0 Å². The summed E-state index contributed by atoms with van der Waals surface area (Å²) in [7, 11) is 1.77. The minimum Gasteiger partial charge on any atom is -0.352 e. The maximum atomic E-state index is 11.9. The first-order chi connectivity index (χ1) is 14.2. The number of carbonyl (C=O) groups is 1. The Labute approximate surface area is 193 Å². The molecule has 7 heteroatoms. The highest BCUT2D eigenvalue weighted by Gasteiger charge is 2.21. The fourth-order valence-corrected chi connectivity index (χ4v) is 3.61. The molecule has 4 rings (SSSR count). The van der Waals surface area contributed by atoms with E-state index in [0.717, 1.165) is 41.1 Å². The van der Waals surface area contributed by atoms with E-state index in [0.29, 0.717) is 19.5 Å². The number of aromatic nitrogens is 1. The third-order valence-electron chi connectivity index (χ3n) is 5.19. The van der Waals surface area contributed by atoms with Crippen molar-refractivity contribution in [2.24, 2.45) is 4.99 Å². The molecule has 0 spiro atoms. The van der Waals surface area contributed by atoms with Crippen molar-refractivity contribution in [2.45, 2.75) is 25.9 Å². The zero-order chi connectivity index (χ0) is 20.1. The van der Waals surface area contributed by atoms with Crippen molar-refractivity contribution in [3.63, 3.8) is 0 Å². The first-order valence-electron chi connectivity index (χ1n) is 9.91. The summed E-state index contributed by atoms with van der Waals surface area (Å²) in [6.45, 7) is 2.14. The maximum Gasteiger partial charge on any atom is 0.227 e. The Kier molecular flexibility index (Phi) is 7.62. The molecule has 0 unspecified atom stereocenters. The number of para-hydroxylation sites is 1. The van der Waals surface area contributed by atoms with Crippen LogP contribution in [0.25, 0.3) is 10.9 Å². The Morgan fingerprint density at radius 1 is 1.07 bits per heavy atom. The first kappa shape index (κ1) is 22.0. The van der Waals surface area contributed by atoms with Gasteiger partial charge in [0.05, 0.1) is 5.52 Å². The first-order valence-corrected chi connectivity index (χ1v) is 9.91. The topological polar surface area (TPSA) is 69.6 Å². The number of pyridine rings is 1. The van der Waals surface area contributed by atoms with Crippen molar-refractivity contribution in [1.82, 2.24) is 15.6 Å². The van der Waals surface area contributed by atoms with E-state index in [9.17, 15) is 4.79 Å². The van der Waals surface area contributed by atoms with Gasteiger partial charge in [0.2, 0.25) is 5.91 Å². The predicted octanol–water partition coefficient (Wildman–Crippen LogP) is 3.84. The van der Waals surface area contributed by atoms with Crippen LogP contribution in [0.3, 0.4) is 0 Å². The number of amides is 1. The molecule has 0 saturated carbocycles. The zero-order valence-electron chi connectivity index (χ0n) is 17.0. The highest BCUT2D eigenvalue weighted by Crippen LogP contribution is 2.21. The summed E-state index contributed by atoms with van der Waals surface area (Å²) >= 11 is 0. The van der Waals surface area contributed by atoms with Crippen LogP contribution in [-0.2, 0) is 17.9 Å². The average Bonchev–Trinajstić information content (AvgIpc) is 3.20. The number of guanidine groups is 1. The molecule has 3 aromatic rings. The molecule has 0 atom stereocenters. The van der Waals surface area contributed by atoms with Crippen LogP contribution >= 0.6 is 24.0 Å². The van der Waals surface area contributed by atoms with E-state index in [1.807, 2.05) is 47.5 Å². The highest BCUT2D eigenvalue weighted by atomic mass is 127. The molecule has 0 bridgehead atoms. The number of fused-ring (bicyclic) bond motifs is 1. The zero-order valence-corrected chi connectivity index (χ0v) is 19.3. The molecular formula is C23H26IN5O. The molecule has 6 nitrogen and oxygen atoms in total. The number of nitrogens with one attached hydrogen (secondary N) is 2. The van der Waals surface area contributed by atoms with Gasteiger partial charge in [0, 0.05) is 50.4 Å². The van der Waals surface area contributed by atoms with Crippen molar-refractivity contribution >= 4 is 52.4 Å². The van der Waals surface area contributed by atoms with Gasteiger partial charge < -0.3 is 15.5 Å². The van der Waals surface area contributed by atoms with Gasteiger partial charge in [-0.05, 0) is 41.8 Å². The minimum atomic E-state index is 0. The van der Waals surface area contributed by atoms with Gasteiger partial charge in [-0.1, -0.05) is 30.3 Å². The van der Waals surface area contributed by atoms with E-state index < -0.39 is 0 Å². The van der Waals surface area contributed by atoms with Crippen molar-refractivity contribution < 1.29 is 4.79 Å².